The molecule has 8 heteroatoms. The minimum absolute atomic E-state index is 1.50. The molecule has 0 amide bonds. The zero-order valence-corrected chi connectivity index (χ0v) is 3.42. The van der Waals surface area contributed by atoms with Gasteiger partial charge in [0.2, 0.25) is 0 Å². The molecule has 0 aromatic heterocycles. The summed E-state index contributed by atoms with van der Waals surface area (Å²) < 4.78 is 0. The summed E-state index contributed by atoms with van der Waals surface area (Å²) in [5.74, 6) is 0. The van der Waals surface area contributed by atoms with Crippen LogP contribution in [0.3, 0.4) is 0 Å². The Kier molecular flexibility index (Phi) is 11.1. The fourth-order valence-electron chi connectivity index (χ4n) is 0. The van der Waals surface area contributed by atoms with Crippen molar-refractivity contribution in [2.45, 2.75) is 0 Å². The molecule has 0 saturated heterocycles. The summed E-state index contributed by atoms with van der Waals surface area (Å²) in [6.45, 7) is 0. The van der Waals surface area contributed by atoms with Gasteiger partial charge in [0, 0.05) is 0 Å². The van der Waals surface area contributed by atoms with Gasteiger partial charge in [0.25, 0.3) is 5.09 Å². The van der Waals surface area contributed by atoms with Gasteiger partial charge in [-0.1, -0.05) is 0 Å². The molecule has 0 saturated carbocycles. The van der Waals surface area contributed by atoms with E-state index in [0.717, 1.165) is 0 Å². The first-order chi connectivity index (χ1) is 3.65. The van der Waals surface area contributed by atoms with Gasteiger partial charge in [-0.25, -0.2) is 0 Å². The minimum atomic E-state index is -1.50. The summed E-state index contributed by atoms with van der Waals surface area (Å²) >= 11 is 0. The van der Waals surface area contributed by atoms with E-state index in [9.17, 15) is 0 Å². The smallest absolute Gasteiger partial charge is 0.291 e. The second-order valence-corrected chi connectivity index (χ2v) is 0.394. The van der Waals surface area contributed by atoms with E-state index in [1.165, 1.54) is 0 Å². The molecule has 48 valence electrons. The van der Waals surface area contributed by atoms with Crippen LogP contribution in [0.4, 0.5) is 0 Å². The first kappa shape index (κ1) is 9.75. The molecule has 8 heavy (non-hydrogen) atoms. The number of hydrogen-bond acceptors (Lipinski definition) is 6. The van der Waals surface area contributed by atoms with E-state index in [4.69, 9.17) is 25.5 Å². The molecule has 0 aliphatic heterocycles. The van der Waals surface area contributed by atoms with E-state index < -0.39 is 5.09 Å². The summed E-state index contributed by atoms with van der Waals surface area (Å²) in [7, 11) is 0. The molecule has 0 bridgehead atoms. The predicted octanol–water partition coefficient (Wildman–Crippen LogP) is -0.190. The maximum absolute atomic E-state index is 8.45. The second-order valence-electron chi connectivity index (χ2n) is 0.394. The highest BCUT2D eigenvalue weighted by atomic mass is 17.2. The highest BCUT2D eigenvalue weighted by molar-refractivity contribution is 3.86. The number of nitrogens with zero attached hydrogens (tertiary/aromatic N) is 2. The quantitative estimate of drug-likeness (QED) is 0.217. The maximum atomic E-state index is 8.45. The Morgan fingerprint density at radius 2 is 1.88 bits per heavy atom. The predicted molar refractivity (Wildman–Crippen MR) is 18.3 cm³/mol. The third kappa shape index (κ3) is 299. The summed E-state index contributed by atoms with van der Waals surface area (Å²) in [5, 5.41) is 22.1. The van der Waals surface area contributed by atoms with Crippen LogP contribution in [0.5, 0.6) is 0 Å². The van der Waals surface area contributed by atoms with E-state index in [1.54, 1.807) is 5.34 Å². The van der Waals surface area contributed by atoms with E-state index in [-0.39, 0.29) is 0 Å². The number of rotatable bonds is 1. The van der Waals surface area contributed by atoms with E-state index in [1.807, 2.05) is 0 Å². The highest BCUT2D eigenvalue weighted by Gasteiger charge is 1.65. The first-order valence-corrected chi connectivity index (χ1v) is 1.11. The van der Waals surface area contributed by atoms with Crippen LogP contribution in [-0.2, 0) is 4.99 Å². The Morgan fingerprint density at radius 3 is 1.88 bits per heavy atom. The SMILES string of the molecule is O=NOO.O=[N+]([O-])O. The van der Waals surface area contributed by atoms with Crippen molar-refractivity contribution in [2.75, 3.05) is 0 Å². The van der Waals surface area contributed by atoms with Crippen molar-refractivity contribution >= 4 is 0 Å². The Balaban J connectivity index is 0. The van der Waals surface area contributed by atoms with Crippen molar-refractivity contribution < 1.29 is 20.5 Å². The van der Waals surface area contributed by atoms with Crippen molar-refractivity contribution in [2.24, 2.45) is 5.34 Å². The summed E-state index contributed by atoms with van der Waals surface area (Å²) in [6, 6.07) is 0. The van der Waals surface area contributed by atoms with Crippen LogP contribution >= 0.6 is 0 Å². The van der Waals surface area contributed by atoms with Crippen LogP contribution in [-0.4, -0.2) is 15.6 Å². The van der Waals surface area contributed by atoms with Gasteiger partial charge in [0.1, 0.15) is 0 Å². The fourth-order valence-corrected chi connectivity index (χ4v) is 0. The molecule has 0 aliphatic rings. The Labute approximate surface area is 42.3 Å². The van der Waals surface area contributed by atoms with Crippen molar-refractivity contribution in [1.29, 1.82) is 0 Å². The lowest BCUT2D eigenvalue weighted by Gasteiger charge is -1.59. The molecule has 0 spiro atoms. The van der Waals surface area contributed by atoms with Crippen LogP contribution in [0.1, 0.15) is 0 Å². The second kappa shape index (κ2) is 9.12. The van der Waals surface area contributed by atoms with Gasteiger partial charge in [-0.05, 0) is 0 Å². The van der Waals surface area contributed by atoms with Gasteiger partial charge in [-0.2, -0.15) is 10.2 Å². The summed E-state index contributed by atoms with van der Waals surface area (Å²) in [6.07, 6.45) is 0. The average Bonchev–Trinajstić information content (AvgIpc) is 1.65. The topological polar surface area (TPSA) is 122 Å². The van der Waals surface area contributed by atoms with E-state index in [0.29, 0.717) is 0 Å². The van der Waals surface area contributed by atoms with Gasteiger partial charge < -0.3 is 5.21 Å². The lowest BCUT2D eigenvalue weighted by molar-refractivity contribution is -0.742. The van der Waals surface area contributed by atoms with Gasteiger partial charge in [-0.3, -0.25) is 0 Å². The minimum Gasteiger partial charge on any atom is -0.328 e. The van der Waals surface area contributed by atoms with Gasteiger partial charge in [0.05, 0.1) is 0 Å². The normalized spacial score (nSPS) is 5.62. The van der Waals surface area contributed by atoms with Crippen LogP contribution in [0, 0.1) is 15.0 Å². The van der Waals surface area contributed by atoms with Gasteiger partial charge in [-0.15, -0.1) is 15.0 Å². The average molecular weight is 126 g/mol. The van der Waals surface area contributed by atoms with Crippen LogP contribution in [0.2, 0.25) is 0 Å². The fraction of sp³-hybridized carbons (Fsp3) is 0. The maximum Gasteiger partial charge on any atom is 0.291 e. The molecule has 0 unspecified atom stereocenters. The Morgan fingerprint density at radius 1 is 1.75 bits per heavy atom. The monoisotopic (exact) mass is 126 g/mol. The molecular weight excluding hydrogens is 124 g/mol. The molecule has 8 nitrogen and oxygen atoms in total. The standard InChI is InChI=1S/2HNO3/c2-1-4-3;2-1(3)4/h3H;(H,2,3,4). The molecule has 0 aromatic rings. The summed E-state index contributed by atoms with van der Waals surface area (Å²) in [4.78, 5) is 19.4. The van der Waals surface area contributed by atoms with Crippen LogP contribution in [0.25, 0.3) is 0 Å². The van der Waals surface area contributed by atoms with Crippen molar-refractivity contribution in [3.63, 3.8) is 0 Å². The van der Waals surface area contributed by atoms with Crippen molar-refractivity contribution in [3.8, 4) is 0 Å². The molecule has 0 aromatic carbocycles. The zero-order valence-electron chi connectivity index (χ0n) is 3.42. The third-order valence-corrected chi connectivity index (χ3v) is 0.0333. The first-order valence-electron chi connectivity index (χ1n) is 1.11. The van der Waals surface area contributed by atoms with Gasteiger partial charge >= 0.3 is 0 Å². The molecule has 0 rings (SSSR count). The molecular formula is H2N2O6. The van der Waals surface area contributed by atoms with Crippen molar-refractivity contribution in [1.82, 2.24) is 0 Å². The Hall–Kier alpha value is -1.44. The zero-order chi connectivity index (χ0) is 6.99. The third-order valence-electron chi connectivity index (χ3n) is 0.0333. The molecule has 0 atom stereocenters. The lowest BCUT2D eigenvalue weighted by Crippen LogP contribution is -1.81. The molecule has 0 radical (unpaired) electrons. The van der Waals surface area contributed by atoms with E-state index >= 15 is 0 Å². The van der Waals surface area contributed by atoms with E-state index in [2.05, 4.69) is 4.99 Å². The molecule has 0 fully saturated rings. The summed E-state index contributed by atoms with van der Waals surface area (Å²) in [5.41, 5.74) is 0. The van der Waals surface area contributed by atoms with Crippen LogP contribution < -0.4 is 0 Å². The largest absolute Gasteiger partial charge is 0.328 e. The molecule has 0 heterocycles. The highest BCUT2D eigenvalue weighted by Crippen LogP contribution is 1.51. The van der Waals surface area contributed by atoms with Crippen LogP contribution in [0.15, 0.2) is 5.34 Å². The number of hydrogen-bond donors (Lipinski definition) is 2. The van der Waals surface area contributed by atoms with Gasteiger partial charge in [0.15, 0.2) is 5.34 Å². The Bertz CT molecular complexity index is 62.9. The molecule has 0 aliphatic carbocycles. The lowest BCUT2D eigenvalue weighted by atomic mass is 13.1. The molecule has 2 N–H and O–H groups in total. The van der Waals surface area contributed by atoms with Crippen molar-refractivity contribution in [3.05, 3.63) is 15.0 Å².